The number of nitrogens with one attached hydrogen (secondary N) is 2. The Kier molecular flexibility index (Phi) is 4.59. The predicted molar refractivity (Wildman–Crippen MR) is 89.4 cm³/mol. The zero-order chi connectivity index (χ0) is 15.5. The van der Waals surface area contributed by atoms with E-state index in [4.69, 9.17) is 0 Å². The number of hydrogen-bond donors (Lipinski definition) is 2. The largest absolute Gasteiger partial charge is 0.348 e. The molecule has 1 aliphatic heterocycles. The topological polar surface area (TPSA) is 59.0 Å². The maximum atomic E-state index is 12.4. The fraction of sp³-hybridized carbons (Fsp3) is 0.375. The fourth-order valence-corrected chi connectivity index (χ4v) is 3.13. The van der Waals surface area contributed by atoms with E-state index in [0.717, 1.165) is 41.8 Å². The maximum absolute atomic E-state index is 12.4. The number of benzene rings is 1. The number of nitrogens with zero attached hydrogens (tertiary/aromatic N) is 2. The van der Waals surface area contributed by atoms with Crippen LogP contribution in [-0.2, 0) is 0 Å². The number of carbonyl (C=O) groups is 1. The Hall–Kier alpha value is -1.66. The highest BCUT2D eigenvalue weighted by atomic mass is 79.9. The van der Waals surface area contributed by atoms with E-state index < -0.39 is 0 Å². The summed E-state index contributed by atoms with van der Waals surface area (Å²) in [6.45, 7) is 3.79. The second kappa shape index (κ2) is 6.62. The molecule has 6 heteroatoms. The Balaban J connectivity index is 1.79. The van der Waals surface area contributed by atoms with Crippen molar-refractivity contribution in [1.29, 1.82) is 0 Å². The van der Waals surface area contributed by atoms with E-state index in [0.29, 0.717) is 5.56 Å². The lowest BCUT2D eigenvalue weighted by Gasteiger charge is -2.23. The maximum Gasteiger partial charge on any atom is 0.255 e. The second-order valence-corrected chi connectivity index (χ2v) is 6.47. The Morgan fingerprint density at radius 2 is 2.36 bits per heavy atom. The molecule has 2 N–H and O–H groups in total. The molecule has 1 amide bonds. The lowest BCUT2D eigenvalue weighted by molar-refractivity contribution is 0.0930. The second-order valence-electron chi connectivity index (χ2n) is 5.55. The van der Waals surface area contributed by atoms with E-state index in [1.54, 1.807) is 10.9 Å². The molecular formula is C16H19BrN4O. The smallest absolute Gasteiger partial charge is 0.255 e. The van der Waals surface area contributed by atoms with E-state index in [1.165, 1.54) is 0 Å². The standard InChI is InChI=1S/C16H19BrN4O/c1-11-15(16(22)20-13-5-3-7-18-9-13)10-19-21(11)14-6-2-4-12(17)8-14/h2,4,6,8,10,13,18H,3,5,7,9H2,1H3,(H,20,22). The molecule has 1 fully saturated rings. The molecule has 0 saturated carbocycles. The van der Waals surface area contributed by atoms with Crippen LogP contribution in [0.5, 0.6) is 0 Å². The van der Waals surface area contributed by atoms with Crippen LogP contribution in [0.3, 0.4) is 0 Å². The van der Waals surface area contributed by atoms with E-state index in [2.05, 4.69) is 31.7 Å². The van der Waals surface area contributed by atoms with Gasteiger partial charge in [-0.2, -0.15) is 5.10 Å². The molecule has 1 unspecified atom stereocenters. The van der Waals surface area contributed by atoms with Crippen LogP contribution in [0.15, 0.2) is 34.9 Å². The Labute approximate surface area is 138 Å². The van der Waals surface area contributed by atoms with Gasteiger partial charge in [-0.05, 0) is 44.5 Å². The molecule has 1 saturated heterocycles. The molecule has 116 valence electrons. The minimum atomic E-state index is -0.0487. The molecule has 22 heavy (non-hydrogen) atoms. The SMILES string of the molecule is Cc1c(C(=O)NC2CCCNC2)cnn1-c1cccc(Br)c1. The van der Waals surface area contributed by atoms with Crippen LogP contribution in [0.4, 0.5) is 0 Å². The van der Waals surface area contributed by atoms with Gasteiger partial charge in [0.25, 0.3) is 5.91 Å². The molecule has 1 aliphatic rings. The number of piperidine rings is 1. The zero-order valence-corrected chi connectivity index (χ0v) is 14.1. The number of amides is 1. The van der Waals surface area contributed by atoms with Gasteiger partial charge in [0.05, 0.1) is 23.1 Å². The zero-order valence-electron chi connectivity index (χ0n) is 12.5. The minimum Gasteiger partial charge on any atom is -0.348 e. The van der Waals surface area contributed by atoms with Gasteiger partial charge >= 0.3 is 0 Å². The highest BCUT2D eigenvalue weighted by molar-refractivity contribution is 9.10. The summed E-state index contributed by atoms with van der Waals surface area (Å²) in [5, 5.41) is 10.8. The summed E-state index contributed by atoms with van der Waals surface area (Å²) < 4.78 is 2.78. The first kappa shape index (κ1) is 15.2. The first-order chi connectivity index (χ1) is 10.6. The van der Waals surface area contributed by atoms with Gasteiger partial charge in [-0.15, -0.1) is 0 Å². The third-order valence-electron chi connectivity index (χ3n) is 3.94. The molecule has 1 aromatic carbocycles. The highest BCUT2D eigenvalue weighted by Crippen LogP contribution is 2.18. The van der Waals surface area contributed by atoms with Gasteiger partial charge in [0, 0.05) is 17.1 Å². The van der Waals surface area contributed by atoms with E-state index in [9.17, 15) is 4.79 Å². The van der Waals surface area contributed by atoms with Crippen LogP contribution in [0.1, 0.15) is 28.9 Å². The summed E-state index contributed by atoms with van der Waals surface area (Å²) in [5.41, 5.74) is 2.41. The summed E-state index contributed by atoms with van der Waals surface area (Å²) in [5.74, 6) is -0.0487. The van der Waals surface area contributed by atoms with Crippen molar-refractivity contribution in [2.75, 3.05) is 13.1 Å². The van der Waals surface area contributed by atoms with Gasteiger partial charge < -0.3 is 10.6 Å². The van der Waals surface area contributed by atoms with Crippen LogP contribution < -0.4 is 10.6 Å². The van der Waals surface area contributed by atoms with Crippen LogP contribution in [0, 0.1) is 6.92 Å². The molecule has 2 heterocycles. The third-order valence-corrected chi connectivity index (χ3v) is 4.43. The fourth-order valence-electron chi connectivity index (χ4n) is 2.74. The Bertz CT molecular complexity index is 677. The van der Waals surface area contributed by atoms with E-state index in [-0.39, 0.29) is 11.9 Å². The summed E-state index contributed by atoms with van der Waals surface area (Å²) in [6.07, 6.45) is 3.76. The normalized spacial score (nSPS) is 18.2. The molecule has 1 atom stereocenters. The summed E-state index contributed by atoms with van der Waals surface area (Å²) in [6, 6.07) is 8.07. The van der Waals surface area contributed by atoms with Gasteiger partial charge in [-0.1, -0.05) is 22.0 Å². The quantitative estimate of drug-likeness (QED) is 0.881. The highest BCUT2D eigenvalue weighted by Gasteiger charge is 2.20. The third kappa shape index (κ3) is 3.23. The Morgan fingerprint density at radius 1 is 1.50 bits per heavy atom. The summed E-state index contributed by atoms with van der Waals surface area (Å²) in [7, 11) is 0. The predicted octanol–water partition coefficient (Wildman–Crippen LogP) is 2.43. The van der Waals surface area contributed by atoms with E-state index >= 15 is 0 Å². The van der Waals surface area contributed by atoms with Crippen molar-refractivity contribution in [3.8, 4) is 5.69 Å². The molecular weight excluding hydrogens is 344 g/mol. The number of rotatable bonds is 3. The number of carbonyl (C=O) groups excluding carboxylic acids is 1. The first-order valence-corrected chi connectivity index (χ1v) is 8.26. The van der Waals surface area contributed by atoms with Crippen LogP contribution in [-0.4, -0.2) is 34.8 Å². The molecule has 0 bridgehead atoms. The molecule has 0 spiro atoms. The van der Waals surface area contributed by atoms with Crippen LogP contribution in [0.2, 0.25) is 0 Å². The Morgan fingerprint density at radius 3 is 3.09 bits per heavy atom. The monoisotopic (exact) mass is 362 g/mol. The van der Waals surface area contributed by atoms with Gasteiger partial charge in [-0.3, -0.25) is 4.79 Å². The van der Waals surface area contributed by atoms with E-state index in [1.807, 2.05) is 31.2 Å². The first-order valence-electron chi connectivity index (χ1n) is 7.47. The van der Waals surface area contributed by atoms with Crippen molar-refractivity contribution in [2.24, 2.45) is 0 Å². The lowest BCUT2D eigenvalue weighted by atomic mass is 10.1. The van der Waals surface area contributed by atoms with Gasteiger partial charge in [0.15, 0.2) is 0 Å². The number of halogens is 1. The van der Waals surface area contributed by atoms with Crippen molar-refractivity contribution < 1.29 is 4.79 Å². The molecule has 1 aromatic heterocycles. The number of hydrogen-bond acceptors (Lipinski definition) is 3. The molecule has 5 nitrogen and oxygen atoms in total. The average molecular weight is 363 g/mol. The van der Waals surface area contributed by atoms with Crippen molar-refractivity contribution in [1.82, 2.24) is 20.4 Å². The van der Waals surface area contributed by atoms with Crippen molar-refractivity contribution in [3.05, 3.63) is 46.2 Å². The summed E-state index contributed by atoms with van der Waals surface area (Å²) in [4.78, 5) is 12.4. The minimum absolute atomic E-state index is 0.0487. The van der Waals surface area contributed by atoms with Crippen LogP contribution in [0.25, 0.3) is 5.69 Å². The average Bonchev–Trinajstić information content (AvgIpc) is 2.90. The van der Waals surface area contributed by atoms with Crippen molar-refractivity contribution in [3.63, 3.8) is 0 Å². The number of aromatic nitrogens is 2. The molecule has 2 aromatic rings. The van der Waals surface area contributed by atoms with Crippen molar-refractivity contribution >= 4 is 21.8 Å². The van der Waals surface area contributed by atoms with Crippen molar-refractivity contribution in [2.45, 2.75) is 25.8 Å². The molecule has 3 rings (SSSR count). The van der Waals surface area contributed by atoms with Crippen LogP contribution >= 0.6 is 15.9 Å². The van der Waals surface area contributed by atoms with Gasteiger partial charge in [0.2, 0.25) is 0 Å². The lowest BCUT2D eigenvalue weighted by Crippen LogP contribution is -2.45. The molecule has 0 aliphatic carbocycles. The van der Waals surface area contributed by atoms with Gasteiger partial charge in [-0.25, -0.2) is 4.68 Å². The summed E-state index contributed by atoms with van der Waals surface area (Å²) >= 11 is 3.46. The van der Waals surface area contributed by atoms with Gasteiger partial charge in [0.1, 0.15) is 0 Å². The molecule has 0 radical (unpaired) electrons.